The fraction of sp³-hybridized carbons (Fsp3) is 0.276. The van der Waals surface area contributed by atoms with Crippen LogP contribution in [0, 0.1) is 5.92 Å². The molecule has 0 saturated carbocycles. The number of carbonyl (C=O) groups excluding carboxylic acids is 2. The molecule has 1 saturated heterocycles. The molecule has 7 nitrogen and oxygen atoms in total. The lowest BCUT2D eigenvalue weighted by Gasteiger charge is -2.21. The maximum Gasteiger partial charge on any atom is 0.231 e. The Bertz CT molecular complexity index is 1340. The summed E-state index contributed by atoms with van der Waals surface area (Å²) < 4.78 is 7.76. The first kappa shape index (κ1) is 23.8. The summed E-state index contributed by atoms with van der Waals surface area (Å²) >= 11 is 0. The number of nitrogens with one attached hydrogen (secondary N) is 2. The molecular formula is C29H30N4O3. The molecule has 3 heterocycles. The lowest BCUT2D eigenvalue weighted by Crippen LogP contribution is -2.34. The van der Waals surface area contributed by atoms with Crippen LogP contribution >= 0.6 is 0 Å². The second kappa shape index (κ2) is 11.2. The van der Waals surface area contributed by atoms with Crippen LogP contribution in [0.2, 0.25) is 0 Å². The van der Waals surface area contributed by atoms with Gasteiger partial charge < -0.3 is 15.4 Å². The first-order chi connectivity index (χ1) is 17.7. The van der Waals surface area contributed by atoms with Crippen LogP contribution in [0.4, 0.5) is 5.82 Å². The predicted octanol–water partition coefficient (Wildman–Crippen LogP) is 5.43. The number of hydrogen-bond acceptors (Lipinski definition) is 5. The van der Waals surface area contributed by atoms with Crippen molar-refractivity contribution in [3.8, 4) is 11.5 Å². The Morgan fingerprint density at radius 3 is 2.64 bits per heavy atom. The van der Waals surface area contributed by atoms with Crippen molar-refractivity contribution in [1.82, 2.24) is 14.9 Å². The molecule has 0 unspecified atom stereocenters. The highest BCUT2D eigenvalue weighted by molar-refractivity contribution is 5.93. The lowest BCUT2D eigenvalue weighted by atomic mass is 9.97. The third kappa shape index (κ3) is 5.80. The number of hydrogen-bond donors (Lipinski definition) is 2. The van der Waals surface area contributed by atoms with Gasteiger partial charge in [0, 0.05) is 36.2 Å². The standard InChI is InChI=1S/C29H30N4O3/c34-28(8-4-7-21-5-2-1-3-6-21)33-18-14-23-19-24(9-10-26(23)33)36-25-13-17-31-27(20-25)32-29(35)22-11-15-30-16-12-22/h1-3,5-6,9-10,13-14,17-20,22,30H,4,7-8,11-12,15-16H2,(H,31,32,35). The summed E-state index contributed by atoms with van der Waals surface area (Å²) in [6.45, 7) is 1.72. The maximum atomic E-state index is 12.8. The minimum atomic E-state index is -0.00246. The van der Waals surface area contributed by atoms with Gasteiger partial charge in [-0.3, -0.25) is 14.2 Å². The van der Waals surface area contributed by atoms with Gasteiger partial charge in [0.15, 0.2) is 0 Å². The number of fused-ring (bicyclic) bond motifs is 1. The molecule has 0 spiro atoms. The molecule has 4 aromatic rings. The Morgan fingerprint density at radius 1 is 1.00 bits per heavy atom. The largest absolute Gasteiger partial charge is 0.457 e. The van der Waals surface area contributed by atoms with Crippen LogP contribution in [-0.4, -0.2) is 34.5 Å². The van der Waals surface area contributed by atoms with E-state index in [1.807, 2.05) is 48.7 Å². The summed E-state index contributed by atoms with van der Waals surface area (Å²) in [4.78, 5) is 29.6. The first-order valence-corrected chi connectivity index (χ1v) is 12.5. The Hall–Kier alpha value is -3.97. The van der Waals surface area contributed by atoms with Crippen LogP contribution in [0.15, 0.2) is 79.1 Å². The van der Waals surface area contributed by atoms with Gasteiger partial charge in [-0.1, -0.05) is 30.3 Å². The van der Waals surface area contributed by atoms with E-state index in [1.165, 1.54) is 5.56 Å². The molecule has 1 amide bonds. The SMILES string of the molecule is O=C(Nc1cc(Oc2ccc3c(ccn3C(=O)CCCc3ccccc3)c2)ccn1)C1CCNCC1. The smallest absolute Gasteiger partial charge is 0.231 e. The molecule has 1 fully saturated rings. The van der Waals surface area contributed by atoms with Gasteiger partial charge >= 0.3 is 0 Å². The zero-order chi connectivity index (χ0) is 24.7. The minimum Gasteiger partial charge on any atom is -0.457 e. The molecule has 0 bridgehead atoms. The highest BCUT2D eigenvalue weighted by Crippen LogP contribution is 2.28. The van der Waals surface area contributed by atoms with Gasteiger partial charge in [0.2, 0.25) is 11.8 Å². The van der Waals surface area contributed by atoms with E-state index >= 15 is 0 Å². The second-order valence-electron chi connectivity index (χ2n) is 9.13. The molecule has 5 rings (SSSR count). The third-order valence-corrected chi connectivity index (χ3v) is 6.56. The number of ether oxygens (including phenoxy) is 1. The summed E-state index contributed by atoms with van der Waals surface area (Å²) in [7, 11) is 0. The molecule has 0 aliphatic carbocycles. The summed E-state index contributed by atoms with van der Waals surface area (Å²) in [5.74, 6) is 1.80. The number of pyridine rings is 1. The van der Waals surface area contributed by atoms with Crippen LogP contribution in [0.25, 0.3) is 10.9 Å². The van der Waals surface area contributed by atoms with E-state index in [0.717, 1.165) is 49.7 Å². The number of aromatic nitrogens is 2. The van der Waals surface area contributed by atoms with Gasteiger partial charge in [0.1, 0.15) is 17.3 Å². The number of aryl methyl sites for hydroxylation is 1. The van der Waals surface area contributed by atoms with Crippen molar-refractivity contribution in [2.24, 2.45) is 5.92 Å². The van der Waals surface area contributed by atoms with E-state index in [0.29, 0.717) is 23.7 Å². The second-order valence-corrected chi connectivity index (χ2v) is 9.13. The minimum absolute atomic E-state index is 0.00246. The van der Waals surface area contributed by atoms with E-state index in [-0.39, 0.29) is 17.7 Å². The van der Waals surface area contributed by atoms with Crippen molar-refractivity contribution in [1.29, 1.82) is 0 Å². The van der Waals surface area contributed by atoms with Crippen molar-refractivity contribution < 1.29 is 14.3 Å². The van der Waals surface area contributed by atoms with Crippen LogP contribution in [0.5, 0.6) is 11.5 Å². The van der Waals surface area contributed by atoms with E-state index in [1.54, 1.807) is 22.9 Å². The Kier molecular flexibility index (Phi) is 7.38. The average molecular weight is 483 g/mol. The van der Waals surface area contributed by atoms with Crippen molar-refractivity contribution in [3.05, 3.63) is 84.7 Å². The van der Waals surface area contributed by atoms with E-state index < -0.39 is 0 Å². The highest BCUT2D eigenvalue weighted by Gasteiger charge is 2.21. The van der Waals surface area contributed by atoms with Crippen molar-refractivity contribution >= 4 is 28.5 Å². The fourth-order valence-electron chi connectivity index (χ4n) is 4.60. The van der Waals surface area contributed by atoms with E-state index in [2.05, 4.69) is 27.8 Å². The predicted molar refractivity (Wildman–Crippen MR) is 140 cm³/mol. The summed E-state index contributed by atoms with van der Waals surface area (Å²) in [5.41, 5.74) is 2.10. The van der Waals surface area contributed by atoms with E-state index in [4.69, 9.17) is 4.74 Å². The number of piperidine rings is 1. The summed E-state index contributed by atoms with van der Waals surface area (Å²) in [6, 6.07) is 21.3. The molecule has 1 aliphatic rings. The number of benzene rings is 2. The monoisotopic (exact) mass is 482 g/mol. The molecule has 2 aromatic carbocycles. The Labute approximate surface area is 210 Å². The molecule has 7 heteroatoms. The number of carbonyl (C=O) groups is 2. The van der Waals surface area contributed by atoms with Gasteiger partial charge in [-0.2, -0.15) is 0 Å². The van der Waals surface area contributed by atoms with Crippen LogP contribution in [0.3, 0.4) is 0 Å². The van der Waals surface area contributed by atoms with Gasteiger partial charge in [-0.25, -0.2) is 4.98 Å². The molecular weight excluding hydrogens is 452 g/mol. The van der Waals surface area contributed by atoms with Crippen LogP contribution in [0.1, 0.15) is 36.0 Å². The third-order valence-electron chi connectivity index (χ3n) is 6.56. The van der Waals surface area contributed by atoms with Gasteiger partial charge in [0.25, 0.3) is 0 Å². The highest BCUT2D eigenvalue weighted by atomic mass is 16.5. The molecule has 2 N–H and O–H groups in total. The Balaban J connectivity index is 1.21. The molecule has 1 aliphatic heterocycles. The van der Waals surface area contributed by atoms with Gasteiger partial charge in [-0.05, 0) is 74.7 Å². The zero-order valence-corrected chi connectivity index (χ0v) is 20.2. The van der Waals surface area contributed by atoms with Crippen molar-refractivity contribution in [3.63, 3.8) is 0 Å². The molecule has 0 atom stereocenters. The number of amides is 1. The van der Waals surface area contributed by atoms with Gasteiger partial charge in [-0.15, -0.1) is 0 Å². The first-order valence-electron chi connectivity index (χ1n) is 12.5. The van der Waals surface area contributed by atoms with Crippen molar-refractivity contribution in [2.45, 2.75) is 32.1 Å². The number of anilines is 1. The molecule has 184 valence electrons. The molecule has 36 heavy (non-hydrogen) atoms. The summed E-state index contributed by atoms with van der Waals surface area (Å²) in [5, 5.41) is 7.11. The summed E-state index contributed by atoms with van der Waals surface area (Å²) in [6.07, 6.45) is 7.28. The van der Waals surface area contributed by atoms with Crippen LogP contribution < -0.4 is 15.4 Å². The Morgan fingerprint density at radius 2 is 1.81 bits per heavy atom. The molecule has 0 radical (unpaired) electrons. The fourth-order valence-corrected chi connectivity index (χ4v) is 4.60. The quantitative estimate of drug-likeness (QED) is 0.350. The molecule has 2 aromatic heterocycles. The van der Waals surface area contributed by atoms with Crippen molar-refractivity contribution in [2.75, 3.05) is 18.4 Å². The average Bonchev–Trinajstić information content (AvgIpc) is 3.33. The lowest BCUT2D eigenvalue weighted by molar-refractivity contribution is -0.120. The topological polar surface area (TPSA) is 85.2 Å². The number of rotatable bonds is 8. The zero-order valence-electron chi connectivity index (χ0n) is 20.2. The maximum absolute atomic E-state index is 12.8. The van der Waals surface area contributed by atoms with Crippen LogP contribution in [-0.2, 0) is 11.2 Å². The van der Waals surface area contributed by atoms with E-state index in [9.17, 15) is 9.59 Å². The number of nitrogens with zero attached hydrogens (tertiary/aromatic N) is 2. The van der Waals surface area contributed by atoms with Gasteiger partial charge in [0.05, 0.1) is 5.52 Å². The normalized spacial score (nSPS) is 14.0.